The zero-order valence-electron chi connectivity index (χ0n) is 10.6. The third-order valence-electron chi connectivity index (χ3n) is 2.56. The van der Waals surface area contributed by atoms with E-state index in [1.54, 1.807) is 0 Å². The van der Waals surface area contributed by atoms with Gasteiger partial charge < -0.3 is 14.6 Å². The largest absolute Gasteiger partial charge is 0.494 e. The number of ether oxygens (including phenoxy) is 2. The average molecular weight is 323 g/mol. The highest BCUT2D eigenvalue weighted by Gasteiger charge is 2.05. The van der Waals surface area contributed by atoms with E-state index >= 15 is 0 Å². The summed E-state index contributed by atoms with van der Waals surface area (Å²) in [5.74, 6) is 2.17. The highest BCUT2D eigenvalue weighted by atomic mass is 79.9. The first kappa shape index (κ1) is 13.9. The first-order valence-corrected chi connectivity index (χ1v) is 6.82. The van der Waals surface area contributed by atoms with Gasteiger partial charge >= 0.3 is 0 Å². The molecule has 0 unspecified atom stereocenters. The van der Waals surface area contributed by atoms with Gasteiger partial charge in [0.2, 0.25) is 0 Å². The van der Waals surface area contributed by atoms with Crippen LogP contribution in [0.3, 0.4) is 0 Å². The maximum absolute atomic E-state index is 9.31. The van der Waals surface area contributed by atoms with Crippen LogP contribution in [0.1, 0.15) is 12.5 Å². The van der Waals surface area contributed by atoms with Crippen LogP contribution in [0.4, 0.5) is 0 Å². The molecule has 0 aliphatic rings. The average Bonchev–Trinajstić information content (AvgIpc) is 2.43. The Bertz CT molecular complexity index is 538. The first-order valence-electron chi connectivity index (χ1n) is 6.03. The van der Waals surface area contributed by atoms with E-state index in [1.165, 1.54) is 0 Å². The summed E-state index contributed by atoms with van der Waals surface area (Å²) < 4.78 is 12.0. The van der Waals surface area contributed by atoms with Gasteiger partial charge in [-0.1, -0.05) is 15.9 Å². The van der Waals surface area contributed by atoms with Crippen LogP contribution in [0.15, 0.2) is 46.9 Å². The Morgan fingerprint density at radius 1 is 1.05 bits per heavy atom. The van der Waals surface area contributed by atoms with Crippen molar-refractivity contribution in [3.63, 3.8) is 0 Å². The lowest BCUT2D eigenvalue weighted by Crippen LogP contribution is -1.93. The topological polar surface area (TPSA) is 38.7 Å². The number of aliphatic hydroxyl groups excluding tert-OH is 1. The minimum atomic E-state index is -0.0637. The molecule has 0 fully saturated rings. The minimum absolute atomic E-state index is 0.0637. The second kappa shape index (κ2) is 6.59. The number of hydrogen-bond donors (Lipinski definition) is 1. The lowest BCUT2D eigenvalue weighted by atomic mass is 10.2. The SMILES string of the molecule is CCOc1ccc(Oc2ccc(Br)cc2CO)cc1. The molecule has 0 aromatic heterocycles. The van der Waals surface area contributed by atoms with Crippen LogP contribution in [0.25, 0.3) is 0 Å². The van der Waals surface area contributed by atoms with Gasteiger partial charge in [-0.25, -0.2) is 0 Å². The molecule has 0 saturated carbocycles. The minimum Gasteiger partial charge on any atom is -0.494 e. The maximum Gasteiger partial charge on any atom is 0.133 e. The molecule has 1 N–H and O–H groups in total. The van der Waals surface area contributed by atoms with Gasteiger partial charge in [-0.3, -0.25) is 0 Å². The van der Waals surface area contributed by atoms with E-state index in [9.17, 15) is 5.11 Å². The molecule has 0 aliphatic heterocycles. The van der Waals surface area contributed by atoms with Crippen molar-refractivity contribution in [3.05, 3.63) is 52.5 Å². The van der Waals surface area contributed by atoms with Gasteiger partial charge in [0.05, 0.1) is 13.2 Å². The van der Waals surface area contributed by atoms with Crippen LogP contribution in [-0.4, -0.2) is 11.7 Å². The van der Waals surface area contributed by atoms with Crippen LogP contribution in [0.5, 0.6) is 17.2 Å². The number of hydrogen-bond acceptors (Lipinski definition) is 3. The molecule has 19 heavy (non-hydrogen) atoms. The van der Waals surface area contributed by atoms with E-state index in [1.807, 2.05) is 49.4 Å². The Labute approximate surface area is 120 Å². The fourth-order valence-electron chi connectivity index (χ4n) is 1.67. The van der Waals surface area contributed by atoms with E-state index < -0.39 is 0 Å². The summed E-state index contributed by atoms with van der Waals surface area (Å²) in [6.07, 6.45) is 0. The Morgan fingerprint density at radius 3 is 2.37 bits per heavy atom. The normalized spacial score (nSPS) is 10.3. The smallest absolute Gasteiger partial charge is 0.133 e. The molecule has 4 heteroatoms. The van der Waals surface area contributed by atoms with Gasteiger partial charge in [0, 0.05) is 10.0 Å². The van der Waals surface area contributed by atoms with E-state index in [0.29, 0.717) is 18.1 Å². The van der Waals surface area contributed by atoms with Crippen LogP contribution in [-0.2, 0) is 6.61 Å². The van der Waals surface area contributed by atoms with Gasteiger partial charge in [0.1, 0.15) is 17.2 Å². The van der Waals surface area contributed by atoms with Crippen LogP contribution >= 0.6 is 15.9 Å². The fraction of sp³-hybridized carbons (Fsp3) is 0.200. The second-order valence-electron chi connectivity index (χ2n) is 3.92. The molecule has 0 spiro atoms. The predicted molar refractivity (Wildman–Crippen MR) is 77.7 cm³/mol. The van der Waals surface area contributed by atoms with E-state index in [-0.39, 0.29) is 6.61 Å². The molecule has 0 amide bonds. The number of rotatable bonds is 5. The molecule has 0 heterocycles. The van der Waals surface area contributed by atoms with Crippen molar-refractivity contribution in [2.45, 2.75) is 13.5 Å². The molecule has 2 aromatic carbocycles. The lowest BCUT2D eigenvalue weighted by Gasteiger charge is -2.11. The molecular weight excluding hydrogens is 308 g/mol. The molecule has 2 rings (SSSR count). The van der Waals surface area contributed by atoms with Crippen molar-refractivity contribution in [2.75, 3.05) is 6.61 Å². The summed E-state index contributed by atoms with van der Waals surface area (Å²) >= 11 is 3.37. The van der Waals surface area contributed by atoms with E-state index in [0.717, 1.165) is 15.8 Å². The van der Waals surface area contributed by atoms with Gasteiger partial charge in [-0.15, -0.1) is 0 Å². The maximum atomic E-state index is 9.31. The predicted octanol–water partition coefficient (Wildman–Crippen LogP) is 4.13. The van der Waals surface area contributed by atoms with Crippen molar-refractivity contribution in [3.8, 4) is 17.2 Å². The van der Waals surface area contributed by atoms with Crippen molar-refractivity contribution >= 4 is 15.9 Å². The molecule has 100 valence electrons. The monoisotopic (exact) mass is 322 g/mol. The summed E-state index contributed by atoms with van der Waals surface area (Å²) in [6, 6.07) is 12.9. The van der Waals surface area contributed by atoms with Crippen LogP contribution in [0, 0.1) is 0 Å². The molecule has 0 saturated heterocycles. The van der Waals surface area contributed by atoms with Gasteiger partial charge in [0.15, 0.2) is 0 Å². The van der Waals surface area contributed by atoms with Gasteiger partial charge in [-0.2, -0.15) is 0 Å². The Hall–Kier alpha value is -1.52. The van der Waals surface area contributed by atoms with Crippen molar-refractivity contribution in [1.82, 2.24) is 0 Å². The first-order chi connectivity index (χ1) is 9.22. The third-order valence-corrected chi connectivity index (χ3v) is 3.05. The quantitative estimate of drug-likeness (QED) is 0.899. The second-order valence-corrected chi connectivity index (χ2v) is 4.83. The van der Waals surface area contributed by atoms with Crippen LogP contribution < -0.4 is 9.47 Å². The molecule has 2 aromatic rings. The Balaban J connectivity index is 2.16. The highest BCUT2D eigenvalue weighted by molar-refractivity contribution is 9.10. The summed E-state index contributed by atoms with van der Waals surface area (Å²) in [5, 5.41) is 9.31. The summed E-state index contributed by atoms with van der Waals surface area (Å²) in [4.78, 5) is 0. The van der Waals surface area contributed by atoms with Gasteiger partial charge in [0.25, 0.3) is 0 Å². The standard InChI is InChI=1S/C15H15BrO3/c1-2-18-13-4-6-14(7-5-13)19-15-8-3-12(16)9-11(15)10-17/h3-9,17H,2,10H2,1H3. The number of halogens is 1. The molecule has 0 aliphatic carbocycles. The number of aliphatic hydroxyl groups is 1. The molecule has 0 radical (unpaired) electrons. The summed E-state index contributed by atoms with van der Waals surface area (Å²) in [7, 11) is 0. The summed E-state index contributed by atoms with van der Waals surface area (Å²) in [6.45, 7) is 2.52. The zero-order valence-corrected chi connectivity index (χ0v) is 12.2. The van der Waals surface area contributed by atoms with E-state index in [4.69, 9.17) is 9.47 Å². The Kier molecular flexibility index (Phi) is 4.82. The third kappa shape index (κ3) is 3.72. The van der Waals surface area contributed by atoms with Crippen molar-refractivity contribution < 1.29 is 14.6 Å². The van der Waals surface area contributed by atoms with Crippen molar-refractivity contribution in [2.24, 2.45) is 0 Å². The lowest BCUT2D eigenvalue weighted by molar-refractivity contribution is 0.276. The fourth-order valence-corrected chi connectivity index (χ4v) is 2.08. The molecule has 0 atom stereocenters. The highest BCUT2D eigenvalue weighted by Crippen LogP contribution is 2.29. The molecule has 0 bridgehead atoms. The molecule has 3 nitrogen and oxygen atoms in total. The molecular formula is C15H15BrO3. The van der Waals surface area contributed by atoms with Gasteiger partial charge in [-0.05, 0) is 49.4 Å². The summed E-state index contributed by atoms with van der Waals surface area (Å²) in [5.41, 5.74) is 0.739. The number of benzene rings is 2. The van der Waals surface area contributed by atoms with Crippen LogP contribution in [0.2, 0.25) is 0 Å². The zero-order chi connectivity index (χ0) is 13.7. The van der Waals surface area contributed by atoms with Crippen molar-refractivity contribution in [1.29, 1.82) is 0 Å². The van der Waals surface area contributed by atoms with E-state index in [2.05, 4.69) is 15.9 Å². The Morgan fingerprint density at radius 2 is 1.74 bits per heavy atom.